The summed E-state index contributed by atoms with van der Waals surface area (Å²) in [7, 11) is 0. The van der Waals surface area contributed by atoms with E-state index in [9.17, 15) is 9.18 Å². The van der Waals surface area contributed by atoms with Gasteiger partial charge >= 0.3 is 0 Å². The number of nitrogens with one attached hydrogen (secondary N) is 2. The lowest BCUT2D eigenvalue weighted by Gasteiger charge is -2.09. The zero-order chi connectivity index (χ0) is 19.1. The summed E-state index contributed by atoms with van der Waals surface area (Å²) in [6.45, 7) is 0.789. The molecule has 0 saturated heterocycles. The molecule has 0 radical (unpaired) electrons. The third kappa shape index (κ3) is 5.24. The van der Waals surface area contributed by atoms with Gasteiger partial charge < -0.3 is 10.6 Å². The van der Waals surface area contributed by atoms with Crippen molar-refractivity contribution in [3.05, 3.63) is 88.6 Å². The Bertz CT molecular complexity index is 935. The van der Waals surface area contributed by atoms with E-state index in [0.29, 0.717) is 35.9 Å². The van der Waals surface area contributed by atoms with E-state index < -0.39 is 0 Å². The number of anilines is 1. The minimum Gasteiger partial charge on any atom is -0.366 e. The van der Waals surface area contributed by atoms with E-state index in [-0.39, 0.29) is 17.4 Å². The van der Waals surface area contributed by atoms with Gasteiger partial charge in [-0.15, -0.1) is 0 Å². The van der Waals surface area contributed by atoms with Gasteiger partial charge in [-0.3, -0.25) is 4.79 Å². The van der Waals surface area contributed by atoms with E-state index in [1.54, 1.807) is 24.3 Å². The Morgan fingerprint density at radius 3 is 2.56 bits per heavy atom. The van der Waals surface area contributed by atoms with Gasteiger partial charge in [-0.1, -0.05) is 48.0 Å². The van der Waals surface area contributed by atoms with Crippen molar-refractivity contribution in [3.63, 3.8) is 0 Å². The van der Waals surface area contributed by atoms with Crippen LogP contribution in [0.15, 0.2) is 60.9 Å². The Balaban J connectivity index is 1.55. The van der Waals surface area contributed by atoms with Crippen LogP contribution in [0.5, 0.6) is 0 Å². The summed E-state index contributed by atoms with van der Waals surface area (Å²) < 4.78 is 13.6. The van der Waals surface area contributed by atoms with Gasteiger partial charge in [-0.05, 0) is 29.7 Å². The highest BCUT2D eigenvalue weighted by Crippen LogP contribution is 2.16. The maximum absolute atomic E-state index is 13.6. The maximum atomic E-state index is 13.6. The number of hydrogen-bond donors (Lipinski definition) is 2. The van der Waals surface area contributed by atoms with E-state index in [4.69, 9.17) is 11.6 Å². The van der Waals surface area contributed by atoms with Crippen molar-refractivity contribution in [1.29, 1.82) is 0 Å². The van der Waals surface area contributed by atoms with E-state index >= 15 is 0 Å². The van der Waals surface area contributed by atoms with Crippen LogP contribution in [0.1, 0.15) is 21.6 Å². The number of halogens is 2. The third-order valence-corrected chi connectivity index (χ3v) is 4.32. The van der Waals surface area contributed by atoms with Crippen LogP contribution in [-0.2, 0) is 13.0 Å². The Hall–Kier alpha value is -2.99. The largest absolute Gasteiger partial charge is 0.366 e. The number of rotatable bonds is 7. The molecule has 0 atom stereocenters. The molecule has 5 nitrogen and oxygen atoms in total. The highest BCUT2D eigenvalue weighted by Gasteiger charge is 2.09. The molecule has 0 aliphatic heterocycles. The third-order valence-electron chi connectivity index (χ3n) is 3.96. The van der Waals surface area contributed by atoms with Crippen LogP contribution in [-0.4, -0.2) is 22.4 Å². The van der Waals surface area contributed by atoms with Gasteiger partial charge in [0.2, 0.25) is 0 Å². The predicted molar refractivity (Wildman–Crippen MR) is 103 cm³/mol. The van der Waals surface area contributed by atoms with Gasteiger partial charge in [0.1, 0.15) is 23.7 Å². The molecule has 0 spiro atoms. The van der Waals surface area contributed by atoms with Gasteiger partial charge in [-0.2, -0.15) is 0 Å². The molecule has 2 N–H and O–H groups in total. The van der Waals surface area contributed by atoms with E-state index in [1.165, 1.54) is 12.4 Å². The zero-order valence-corrected chi connectivity index (χ0v) is 15.2. The lowest BCUT2D eigenvalue weighted by atomic mass is 10.1. The number of carbonyl (C=O) groups excluding carboxylic acids is 1. The fourth-order valence-electron chi connectivity index (χ4n) is 2.51. The van der Waals surface area contributed by atoms with E-state index in [1.807, 2.05) is 24.3 Å². The van der Waals surface area contributed by atoms with Crippen LogP contribution in [0.25, 0.3) is 0 Å². The first-order chi connectivity index (χ1) is 13.1. The number of benzene rings is 2. The summed E-state index contributed by atoms with van der Waals surface area (Å²) >= 11 is 6.13. The molecule has 0 fully saturated rings. The molecule has 1 aromatic heterocycles. The predicted octanol–water partition coefficient (Wildman–Crippen LogP) is 3.85. The average molecular weight is 385 g/mol. The minimum absolute atomic E-state index is 0.236. The molecule has 0 saturated carbocycles. The standard InChI is InChI=1S/C20H18ClFN4O/c21-16-7-3-1-6-15(16)12-24-19-11-18(25-13-26-19)20(27)23-10-9-14-5-2-4-8-17(14)22/h1-8,11,13H,9-10,12H2,(H,23,27)(H,24,25,26). The summed E-state index contributed by atoms with van der Waals surface area (Å²) in [6, 6.07) is 15.5. The van der Waals surface area contributed by atoms with Crippen LogP contribution >= 0.6 is 11.6 Å². The van der Waals surface area contributed by atoms with Gasteiger partial charge in [0.05, 0.1) is 0 Å². The van der Waals surface area contributed by atoms with Gasteiger partial charge in [0.25, 0.3) is 5.91 Å². The highest BCUT2D eigenvalue weighted by molar-refractivity contribution is 6.31. The first-order valence-corrected chi connectivity index (χ1v) is 8.82. The van der Waals surface area contributed by atoms with Crippen LogP contribution < -0.4 is 10.6 Å². The maximum Gasteiger partial charge on any atom is 0.270 e. The molecule has 138 valence electrons. The fourth-order valence-corrected chi connectivity index (χ4v) is 2.71. The summed E-state index contributed by atoms with van der Waals surface area (Å²) in [5.41, 5.74) is 1.72. The molecule has 0 aliphatic rings. The van der Waals surface area contributed by atoms with Crippen LogP contribution in [0.2, 0.25) is 5.02 Å². The lowest BCUT2D eigenvalue weighted by molar-refractivity contribution is 0.0949. The van der Waals surface area contributed by atoms with Crippen molar-refractivity contribution < 1.29 is 9.18 Å². The molecule has 3 aromatic rings. The SMILES string of the molecule is O=C(NCCc1ccccc1F)c1cc(NCc2ccccc2Cl)ncn1. The molecular weight excluding hydrogens is 367 g/mol. The van der Waals surface area contributed by atoms with Crippen molar-refractivity contribution in [2.45, 2.75) is 13.0 Å². The monoisotopic (exact) mass is 384 g/mol. The molecular formula is C20H18ClFN4O. The quantitative estimate of drug-likeness (QED) is 0.649. The fraction of sp³-hybridized carbons (Fsp3) is 0.150. The van der Waals surface area contributed by atoms with Gasteiger partial charge in [0.15, 0.2) is 0 Å². The Labute approximate surface area is 161 Å². The number of nitrogens with zero attached hydrogens (tertiary/aromatic N) is 2. The lowest BCUT2D eigenvalue weighted by Crippen LogP contribution is -2.27. The van der Waals surface area contributed by atoms with Crippen molar-refractivity contribution >= 4 is 23.3 Å². The van der Waals surface area contributed by atoms with Crippen molar-refractivity contribution in [2.24, 2.45) is 0 Å². The summed E-state index contributed by atoms with van der Waals surface area (Å²) in [4.78, 5) is 20.4. The molecule has 1 amide bonds. The van der Waals surface area contributed by atoms with Gasteiger partial charge in [0, 0.05) is 24.2 Å². The van der Waals surface area contributed by atoms with Crippen molar-refractivity contribution in [2.75, 3.05) is 11.9 Å². The summed E-state index contributed by atoms with van der Waals surface area (Å²) in [5.74, 6) is -0.0986. The summed E-state index contributed by atoms with van der Waals surface area (Å²) in [5, 5.41) is 6.52. The number of aromatic nitrogens is 2. The van der Waals surface area contributed by atoms with E-state index in [0.717, 1.165) is 5.56 Å². The molecule has 0 bridgehead atoms. The normalized spacial score (nSPS) is 10.4. The second kappa shape index (κ2) is 9.09. The van der Waals surface area contributed by atoms with Crippen LogP contribution in [0, 0.1) is 5.82 Å². The smallest absolute Gasteiger partial charge is 0.270 e. The van der Waals surface area contributed by atoms with Crippen molar-refractivity contribution in [3.8, 4) is 0 Å². The Morgan fingerprint density at radius 2 is 1.78 bits per heavy atom. The number of amides is 1. The molecule has 0 unspecified atom stereocenters. The second-order valence-corrected chi connectivity index (χ2v) is 6.24. The summed E-state index contributed by atoms with van der Waals surface area (Å²) in [6.07, 6.45) is 1.72. The van der Waals surface area contributed by atoms with E-state index in [2.05, 4.69) is 20.6 Å². The number of carbonyl (C=O) groups is 1. The molecule has 7 heteroatoms. The van der Waals surface area contributed by atoms with Gasteiger partial charge in [-0.25, -0.2) is 14.4 Å². The first kappa shape index (κ1) is 18.8. The minimum atomic E-state index is -0.338. The molecule has 3 rings (SSSR count). The molecule has 27 heavy (non-hydrogen) atoms. The Morgan fingerprint density at radius 1 is 1.04 bits per heavy atom. The van der Waals surface area contributed by atoms with Crippen molar-refractivity contribution in [1.82, 2.24) is 15.3 Å². The average Bonchev–Trinajstić information content (AvgIpc) is 2.69. The zero-order valence-electron chi connectivity index (χ0n) is 14.5. The van der Waals surface area contributed by atoms with Crippen LogP contribution in [0.4, 0.5) is 10.2 Å². The molecule has 1 heterocycles. The van der Waals surface area contributed by atoms with Crippen LogP contribution in [0.3, 0.4) is 0 Å². The topological polar surface area (TPSA) is 66.9 Å². The highest BCUT2D eigenvalue weighted by atomic mass is 35.5. The number of hydrogen-bond acceptors (Lipinski definition) is 4. The first-order valence-electron chi connectivity index (χ1n) is 8.44. The second-order valence-electron chi connectivity index (χ2n) is 5.83. The molecule has 2 aromatic carbocycles. The Kier molecular flexibility index (Phi) is 6.33. The molecule has 0 aliphatic carbocycles.